The van der Waals surface area contributed by atoms with Crippen LogP contribution in [-0.4, -0.2) is 13.1 Å². The van der Waals surface area contributed by atoms with Gasteiger partial charge in [-0.15, -0.1) is 0 Å². The lowest BCUT2D eigenvalue weighted by Gasteiger charge is -2.06. The quantitative estimate of drug-likeness (QED) is 0.687. The van der Waals surface area contributed by atoms with Gasteiger partial charge in [-0.1, -0.05) is 54.9 Å². The number of nitrogens with one attached hydrogen (secondary N) is 1. The summed E-state index contributed by atoms with van der Waals surface area (Å²) < 4.78 is 0. The summed E-state index contributed by atoms with van der Waals surface area (Å²) in [6.07, 6.45) is 1.28. The molecular formula is C11H29N. The molecule has 1 atom stereocenters. The van der Waals surface area contributed by atoms with Gasteiger partial charge in [0.1, 0.15) is 0 Å². The highest BCUT2D eigenvalue weighted by Crippen LogP contribution is 1.95. The third-order valence-corrected chi connectivity index (χ3v) is 1.44. The molecule has 0 heterocycles. The van der Waals surface area contributed by atoms with E-state index in [0.717, 1.165) is 12.5 Å². The van der Waals surface area contributed by atoms with E-state index in [-0.39, 0.29) is 0 Å². The molecule has 0 aromatic carbocycles. The minimum atomic E-state index is 0.843. The van der Waals surface area contributed by atoms with Crippen molar-refractivity contribution in [2.24, 2.45) is 5.92 Å². The van der Waals surface area contributed by atoms with Gasteiger partial charge in [0.2, 0.25) is 0 Å². The Morgan fingerprint density at radius 1 is 1.00 bits per heavy atom. The third kappa shape index (κ3) is 22.5. The van der Waals surface area contributed by atoms with Crippen LogP contribution in [0.1, 0.15) is 54.9 Å². The highest BCUT2D eigenvalue weighted by atomic mass is 14.8. The van der Waals surface area contributed by atoms with Gasteiger partial charge in [0.15, 0.2) is 0 Å². The molecule has 0 saturated carbocycles. The van der Waals surface area contributed by atoms with Gasteiger partial charge in [-0.25, -0.2) is 0 Å². The molecule has 1 heteroatoms. The molecule has 0 aliphatic carbocycles. The van der Waals surface area contributed by atoms with Crippen LogP contribution in [0, 0.1) is 5.92 Å². The maximum atomic E-state index is 3.30. The van der Waals surface area contributed by atoms with E-state index in [1.807, 2.05) is 27.7 Å². The monoisotopic (exact) mass is 175 g/mol. The first-order valence-corrected chi connectivity index (χ1v) is 5.52. The molecule has 0 aliphatic rings. The maximum Gasteiger partial charge on any atom is -0.00234 e. The summed E-state index contributed by atoms with van der Waals surface area (Å²) in [6.45, 7) is 16.9. The smallest absolute Gasteiger partial charge is 0.00234 e. The molecule has 1 unspecified atom stereocenters. The summed E-state index contributed by atoms with van der Waals surface area (Å²) >= 11 is 0. The third-order valence-electron chi connectivity index (χ3n) is 1.44. The van der Waals surface area contributed by atoms with Crippen LogP contribution in [0.3, 0.4) is 0 Å². The Morgan fingerprint density at radius 3 is 1.67 bits per heavy atom. The van der Waals surface area contributed by atoms with Crippen molar-refractivity contribution in [3.05, 3.63) is 0 Å². The highest BCUT2D eigenvalue weighted by molar-refractivity contribution is 4.51. The summed E-state index contributed by atoms with van der Waals surface area (Å²) in [7, 11) is 0. The van der Waals surface area contributed by atoms with Crippen molar-refractivity contribution in [3.63, 3.8) is 0 Å². The zero-order chi connectivity index (χ0) is 10.4. The van der Waals surface area contributed by atoms with Crippen molar-refractivity contribution in [3.8, 4) is 0 Å². The van der Waals surface area contributed by atoms with E-state index in [4.69, 9.17) is 0 Å². The highest BCUT2D eigenvalue weighted by Gasteiger charge is 1.93. The van der Waals surface area contributed by atoms with Crippen molar-refractivity contribution in [2.45, 2.75) is 54.9 Å². The zero-order valence-electron chi connectivity index (χ0n) is 10.2. The average Bonchev–Trinajstić information content (AvgIpc) is 2.20. The molecule has 0 aromatic heterocycles. The van der Waals surface area contributed by atoms with Crippen LogP contribution in [0.15, 0.2) is 0 Å². The van der Waals surface area contributed by atoms with Gasteiger partial charge in [0.25, 0.3) is 0 Å². The summed E-state index contributed by atoms with van der Waals surface area (Å²) in [4.78, 5) is 0. The molecule has 0 bridgehead atoms. The fraction of sp³-hybridized carbons (Fsp3) is 1.00. The minimum absolute atomic E-state index is 0.843. The second kappa shape index (κ2) is 22.4. The first-order chi connectivity index (χ1) is 5.81. The Kier molecular flexibility index (Phi) is 33.5. The number of rotatable bonds is 4. The van der Waals surface area contributed by atoms with Gasteiger partial charge < -0.3 is 5.32 Å². The Bertz CT molecular complexity index is 44.3. The van der Waals surface area contributed by atoms with E-state index in [1.54, 1.807) is 0 Å². The molecule has 0 fully saturated rings. The fourth-order valence-corrected chi connectivity index (χ4v) is 0.535. The van der Waals surface area contributed by atoms with Crippen LogP contribution in [0.5, 0.6) is 0 Å². The summed E-state index contributed by atoms with van der Waals surface area (Å²) in [5.41, 5.74) is 0. The molecule has 0 radical (unpaired) electrons. The zero-order valence-corrected chi connectivity index (χ0v) is 10.2. The van der Waals surface area contributed by atoms with E-state index in [9.17, 15) is 0 Å². The Hall–Kier alpha value is -0.0400. The predicted octanol–water partition coefficient (Wildman–Crippen LogP) is 3.69. The fourth-order valence-electron chi connectivity index (χ4n) is 0.535. The average molecular weight is 175 g/mol. The predicted molar refractivity (Wildman–Crippen MR) is 60.7 cm³/mol. The first kappa shape index (κ1) is 17.9. The molecule has 0 aromatic rings. The van der Waals surface area contributed by atoms with Gasteiger partial charge >= 0.3 is 0 Å². The van der Waals surface area contributed by atoms with Crippen molar-refractivity contribution >= 4 is 0 Å². The van der Waals surface area contributed by atoms with Crippen LogP contribution in [-0.2, 0) is 0 Å². The lowest BCUT2D eigenvalue weighted by molar-refractivity contribution is 0.510. The number of hydrogen-bond donors (Lipinski definition) is 1. The van der Waals surface area contributed by atoms with Crippen molar-refractivity contribution in [1.29, 1.82) is 0 Å². The van der Waals surface area contributed by atoms with Gasteiger partial charge in [0.05, 0.1) is 0 Å². The standard InChI is InChI=1S/C7H17N.2C2H6/c1-4-7(3)6-8-5-2;2*1-2/h7-8H,4-6H2,1-3H3;2*1-2H3. The van der Waals surface area contributed by atoms with Crippen LogP contribution in [0.25, 0.3) is 0 Å². The van der Waals surface area contributed by atoms with Gasteiger partial charge in [0, 0.05) is 0 Å². The number of hydrogen-bond acceptors (Lipinski definition) is 1. The first-order valence-electron chi connectivity index (χ1n) is 5.52. The maximum absolute atomic E-state index is 3.30. The van der Waals surface area contributed by atoms with E-state index < -0.39 is 0 Å². The SMILES string of the molecule is CC.CC.CCNCC(C)CC. The van der Waals surface area contributed by atoms with Crippen LogP contribution < -0.4 is 5.32 Å². The second-order valence-electron chi connectivity index (χ2n) is 2.32. The van der Waals surface area contributed by atoms with Crippen molar-refractivity contribution < 1.29 is 0 Å². The molecular weight excluding hydrogens is 146 g/mol. The Balaban J connectivity index is -0.000000175. The topological polar surface area (TPSA) is 12.0 Å². The molecule has 0 rings (SSSR count). The molecule has 1 nitrogen and oxygen atoms in total. The van der Waals surface area contributed by atoms with E-state index in [0.29, 0.717) is 0 Å². The Labute approximate surface area is 80.0 Å². The normalized spacial score (nSPS) is 10.2. The molecule has 12 heavy (non-hydrogen) atoms. The molecule has 0 saturated heterocycles. The molecule has 0 aliphatic heterocycles. The largest absolute Gasteiger partial charge is 0.317 e. The molecule has 78 valence electrons. The van der Waals surface area contributed by atoms with Gasteiger partial charge in [-0.3, -0.25) is 0 Å². The van der Waals surface area contributed by atoms with Crippen molar-refractivity contribution in [1.82, 2.24) is 5.32 Å². The molecule has 1 N–H and O–H groups in total. The summed E-state index contributed by atoms with van der Waals surface area (Å²) in [5.74, 6) is 0.843. The summed E-state index contributed by atoms with van der Waals surface area (Å²) in [6, 6.07) is 0. The molecule has 0 spiro atoms. The van der Waals surface area contributed by atoms with Crippen molar-refractivity contribution in [2.75, 3.05) is 13.1 Å². The van der Waals surface area contributed by atoms with Crippen LogP contribution in [0.2, 0.25) is 0 Å². The summed E-state index contributed by atoms with van der Waals surface area (Å²) in [5, 5.41) is 3.30. The lowest BCUT2D eigenvalue weighted by atomic mass is 10.1. The van der Waals surface area contributed by atoms with Gasteiger partial charge in [-0.2, -0.15) is 0 Å². The van der Waals surface area contributed by atoms with Crippen LogP contribution in [0.4, 0.5) is 0 Å². The van der Waals surface area contributed by atoms with Crippen LogP contribution >= 0.6 is 0 Å². The van der Waals surface area contributed by atoms with E-state index in [1.165, 1.54) is 13.0 Å². The van der Waals surface area contributed by atoms with Gasteiger partial charge in [-0.05, 0) is 19.0 Å². The Morgan fingerprint density at radius 2 is 1.42 bits per heavy atom. The molecule has 0 amide bonds. The minimum Gasteiger partial charge on any atom is -0.317 e. The van der Waals surface area contributed by atoms with E-state index >= 15 is 0 Å². The lowest BCUT2D eigenvalue weighted by Crippen LogP contribution is -2.19. The van der Waals surface area contributed by atoms with E-state index in [2.05, 4.69) is 26.1 Å². The second-order valence-corrected chi connectivity index (χ2v) is 2.32.